The summed E-state index contributed by atoms with van der Waals surface area (Å²) in [5, 5.41) is 0. The van der Waals surface area contributed by atoms with Gasteiger partial charge in [-0.15, -0.1) is 0 Å². The van der Waals surface area contributed by atoms with Crippen LogP contribution in [-0.2, 0) is 33.8 Å². The van der Waals surface area contributed by atoms with Crippen LogP contribution < -0.4 is 0 Å². The van der Waals surface area contributed by atoms with Gasteiger partial charge in [-0.25, -0.2) is 4.98 Å². The van der Waals surface area contributed by atoms with E-state index in [1.165, 1.54) is 5.69 Å². The summed E-state index contributed by atoms with van der Waals surface area (Å²) in [6.45, 7) is 8.54. The highest BCUT2D eigenvalue weighted by molar-refractivity contribution is 5.82. The number of aromatic nitrogens is 2. The van der Waals surface area contributed by atoms with Crippen molar-refractivity contribution in [2.24, 2.45) is 17.8 Å². The maximum atomic E-state index is 12.8. The third-order valence-electron chi connectivity index (χ3n) is 6.26. The van der Waals surface area contributed by atoms with Crippen molar-refractivity contribution in [3.05, 3.63) is 17.7 Å². The Labute approximate surface area is 147 Å². The van der Waals surface area contributed by atoms with E-state index in [0.717, 1.165) is 77.9 Å². The van der Waals surface area contributed by atoms with E-state index in [4.69, 9.17) is 9.47 Å². The molecule has 1 aromatic rings. The summed E-state index contributed by atoms with van der Waals surface area (Å²) < 4.78 is 13.2. The molecule has 3 atom stereocenters. The Bertz CT molecular complexity index is 645. The van der Waals surface area contributed by atoms with Crippen molar-refractivity contribution < 1.29 is 14.3 Å². The molecule has 0 radical (unpaired) electrons. The van der Waals surface area contributed by atoms with E-state index in [1.54, 1.807) is 0 Å². The quantitative estimate of drug-likeness (QED) is 0.771. The summed E-state index contributed by atoms with van der Waals surface area (Å²) >= 11 is 0. The summed E-state index contributed by atoms with van der Waals surface area (Å²) in [5.41, 5.74) is 1.27. The molecule has 4 aliphatic rings. The average Bonchev–Trinajstić information content (AvgIpc) is 2.99. The van der Waals surface area contributed by atoms with E-state index in [1.807, 2.05) is 6.20 Å². The fraction of sp³-hybridized carbons (Fsp3) is 0.778. The molecule has 1 amide bonds. The van der Waals surface area contributed by atoms with Crippen molar-refractivity contribution in [1.82, 2.24) is 19.4 Å². The number of fused-ring (bicyclic) bond motifs is 2. The largest absolute Gasteiger partial charge is 0.381 e. The van der Waals surface area contributed by atoms with Gasteiger partial charge in [-0.05, 0) is 11.8 Å². The number of amides is 1. The molecular formula is C18H26N4O3. The van der Waals surface area contributed by atoms with Gasteiger partial charge in [0.15, 0.2) is 0 Å². The van der Waals surface area contributed by atoms with Gasteiger partial charge in [-0.2, -0.15) is 0 Å². The van der Waals surface area contributed by atoms with Gasteiger partial charge in [-0.3, -0.25) is 9.69 Å². The Morgan fingerprint density at radius 2 is 1.88 bits per heavy atom. The lowest BCUT2D eigenvalue weighted by molar-refractivity contribution is -0.134. The molecule has 1 aromatic heterocycles. The predicted molar refractivity (Wildman–Crippen MR) is 89.9 cm³/mol. The molecule has 0 bridgehead atoms. The number of hydrogen-bond donors (Lipinski definition) is 0. The third kappa shape index (κ3) is 2.88. The molecule has 1 aliphatic carbocycles. The van der Waals surface area contributed by atoms with Gasteiger partial charge in [0.1, 0.15) is 5.82 Å². The molecule has 5 rings (SSSR count). The molecule has 1 saturated carbocycles. The number of hydrogen-bond acceptors (Lipinski definition) is 5. The number of carbonyl (C=O) groups excluding carboxylic acids is 1. The van der Waals surface area contributed by atoms with Gasteiger partial charge >= 0.3 is 0 Å². The number of morpholine rings is 1. The maximum Gasteiger partial charge on any atom is 0.226 e. The van der Waals surface area contributed by atoms with Crippen LogP contribution in [0.1, 0.15) is 11.5 Å². The van der Waals surface area contributed by atoms with E-state index < -0.39 is 0 Å². The molecule has 2 saturated heterocycles. The molecule has 7 heteroatoms. The second-order valence-electron chi connectivity index (χ2n) is 7.67. The van der Waals surface area contributed by atoms with Gasteiger partial charge in [0.05, 0.1) is 32.1 Å². The molecule has 0 N–H and O–H groups in total. The molecule has 4 heterocycles. The SMILES string of the molecule is O=C(C1[C@H]2COC[C@@H]12)N1CCc2ncc(CN3CCOCC3)n2CC1. The van der Waals surface area contributed by atoms with Crippen LogP contribution in [-0.4, -0.2) is 77.9 Å². The Kier molecular flexibility index (Phi) is 4.03. The van der Waals surface area contributed by atoms with Crippen molar-refractivity contribution in [3.63, 3.8) is 0 Å². The molecular weight excluding hydrogens is 320 g/mol. The van der Waals surface area contributed by atoms with Crippen LogP contribution in [0, 0.1) is 17.8 Å². The molecule has 0 spiro atoms. The van der Waals surface area contributed by atoms with E-state index >= 15 is 0 Å². The minimum absolute atomic E-state index is 0.229. The van der Waals surface area contributed by atoms with E-state index in [9.17, 15) is 4.79 Å². The molecule has 3 fully saturated rings. The van der Waals surface area contributed by atoms with E-state index in [2.05, 4.69) is 19.4 Å². The number of rotatable bonds is 3. The van der Waals surface area contributed by atoms with Crippen LogP contribution in [0.5, 0.6) is 0 Å². The minimum atomic E-state index is 0.229. The van der Waals surface area contributed by atoms with Gasteiger partial charge in [0.2, 0.25) is 5.91 Å². The van der Waals surface area contributed by atoms with Crippen molar-refractivity contribution in [1.29, 1.82) is 0 Å². The van der Waals surface area contributed by atoms with Gasteiger partial charge in [0.25, 0.3) is 0 Å². The number of ether oxygens (including phenoxy) is 2. The number of imidazole rings is 1. The van der Waals surface area contributed by atoms with Gasteiger partial charge in [-0.1, -0.05) is 0 Å². The van der Waals surface area contributed by atoms with E-state index in [-0.39, 0.29) is 5.92 Å². The standard InChI is InChI=1S/C18H26N4O3/c23-18(17-14-11-25-12-15(14)17)21-2-1-16-19-9-13(22(16)4-3-21)10-20-5-7-24-8-6-20/h9,14-15,17H,1-8,10-12H2/t14-,15+,17?. The summed E-state index contributed by atoms with van der Waals surface area (Å²) in [4.78, 5) is 22.0. The Hall–Kier alpha value is -1.44. The molecule has 1 unspecified atom stereocenters. The van der Waals surface area contributed by atoms with Crippen molar-refractivity contribution >= 4 is 5.91 Å². The van der Waals surface area contributed by atoms with Crippen molar-refractivity contribution in [2.75, 3.05) is 52.6 Å². The molecule has 136 valence electrons. The highest BCUT2D eigenvalue weighted by atomic mass is 16.5. The van der Waals surface area contributed by atoms with Crippen LogP contribution in [0.2, 0.25) is 0 Å². The first-order chi connectivity index (χ1) is 12.3. The van der Waals surface area contributed by atoms with Crippen LogP contribution in [0.3, 0.4) is 0 Å². The zero-order valence-corrected chi connectivity index (χ0v) is 14.6. The molecule has 7 nitrogen and oxygen atoms in total. The lowest BCUT2D eigenvalue weighted by Gasteiger charge is -2.27. The monoisotopic (exact) mass is 346 g/mol. The summed E-state index contributed by atoms with van der Waals surface area (Å²) in [7, 11) is 0. The predicted octanol–water partition coefficient (Wildman–Crippen LogP) is -0.00760. The molecule has 0 aromatic carbocycles. The van der Waals surface area contributed by atoms with Crippen LogP contribution >= 0.6 is 0 Å². The smallest absolute Gasteiger partial charge is 0.226 e. The first-order valence-corrected chi connectivity index (χ1v) is 9.51. The average molecular weight is 346 g/mol. The third-order valence-corrected chi connectivity index (χ3v) is 6.26. The number of carbonyl (C=O) groups is 1. The first kappa shape index (κ1) is 15.8. The van der Waals surface area contributed by atoms with Gasteiger partial charge < -0.3 is 18.9 Å². The second-order valence-corrected chi connectivity index (χ2v) is 7.67. The van der Waals surface area contributed by atoms with Crippen LogP contribution in [0.15, 0.2) is 6.20 Å². The fourth-order valence-corrected chi connectivity index (χ4v) is 4.65. The van der Waals surface area contributed by atoms with Gasteiger partial charge in [0, 0.05) is 57.8 Å². The second kappa shape index (κ2) is 6.37. The topological polar surface area (TPSA) is 59.8 Å². The molecule has 25 heavy (non-hydrogen) atoms. The number of nitrogens with zero attached hydrogens (tertiary/aromatic N) is 4. The highest BCUT2D eigenvalue weighted by Gasteiger charge is 2.58. The maximum absolute atomic E-state index is 12.8. The fourth-order valence-electron chi connectivity index (χ4n) is 4.65. The van der Waals surface area contributed by atoms with Crippen LogP contribution in [0.4, 0.5) is 0 Å². The Morgan fingerprint density at radius 3 is 2.68 bits per heavy atom. The summed E-state index contributed by atoms with van der Waals surface area (Å²) in [6, 6.07) is 0. The lowest BCUT2D eigenvalue weighted by atomic mass is 10.2. The summed E-state index contributed by atoms with van der Waals surface area (Å²) in [5.74, 6) is 2.68. The summed E-state index contributed by atoms with van der Waals surface area (Å²) in [6.07, 6.45) is 2.87. The minimum Gasteiger partial charge on any atom is -0.381 e. The lowest BCUT2D eigenvalue weighted by Crippen LogP contribution is -2.37. The Balaban J connectivity index is 1.23. The van der Waals surface area contributed by atoms with E-state index in [0.29, 0.717) is 17.7 Å². The Morgan fingerprint density at radius 1 is 1.08 bits per heavy atom. The normalized spacial score (nSPS) is 32.2. The van der Waals surface area contributed by atoms with Crippen LogP contribution in [0.25, 0.3) is 0 Å². The van der Waals surface area contributed by atoms with Crippen molar-refractivity contribution in [2.45, 2.75) is 19.5 Å². The highest BCUT2D eigenvalue weighted by Crippen LogP contribution is 2.51. The zero-order chi connectivity index (χ0) is 16.8. The molecule has 3 aliphatic heterocycles. The first-order valence-electron chi connectivity index (χ1n) is 9.51. The zero-order valence-electron chi connectivity index (χ0n) is 14.6. The van der Waals surface area contributed by atoms with Crippen molar-refractivity contribution in [3.8, 4) is 0 Å².